The molecular formula is C18H22FN. The molecule has 1 nitrogen and oxygen atoms in total. The van der Waals surface area contributed by atoms with Gasteiger partial charge in [0.15, 0.2) is 0 Å². The predicted octanol–water partition coefficient (Wildman–Crippen LogP) is 4.50. The lowest BCUT2D eigenvalue weighted by atomic mass is 10.0. The second kappa shape index (κ2) is 7.20. The van der Waals surface area contributed by atoms with Crippen molar-refractivity contribution >= 4 is 0 Å². The van der Waals surface area contributed by atoms with Crippen molar-refractivity contribution in [3.63, 3.8) is 0 Å². The van der Waals surface area contributed by atoms with E-state index in [9.17, 15) is 4.39 Å². The molecule has 0 aliphatic carbocycles. The SMILES string of the molecule is CCC(Cc1ccccc1)N[C@H](C)c1ccccc1F. The first-order valence-corrected chi connectivity index (χ1v) is 7.25. The van der Waals surface area contributed by atoms with E-state index >= 15 is 0 Å². The quantitative estimate of drug-likeness (QED) is 0.815. The van der Waals surface area contributed by atoms with Gasteiger partial charge in [0, 0.05) is 17.6 Å². The van der Waals surface area contributed by atoms with E-state index in [1.165, 1.54) is 11.6 Å². The smallest absolute Gasteiger partial charge is 0.127 e. The van der Waals surface area contributed by atoms with E-state index in [4.69, 9.17) is 0 Å². The van der Waals surface area contributed by atoms with Crippen LogP contribution in [-0.2, 0) is 6.42 Å². The lowest BCUT2D eigenvalue weighted by Gasteiger charge is -2.23. The summed E-state index contributed by atoms with van der Waals surface area (Å²) < 4.78 is 13.8. The van der Waals surface area contributed by atoms with Crippen LogP contribution in [0.2, 0.25) is 0 Å². The zero-order valence-electron chi connectivity index (χ0n) is 12.1. The molecule has 2 rings (SSSR count). The Morgan fingerprint density at radius 3 is 2.30 bits per heavy atom. The molecule has 1 unspecified atom stereocenters. The van der Waals surface area contributed by atoms with Crippen LogP contribution in [0.5, 0.6) is 0 Å². The Bertz CT molecular complexity index is 524. The van der Waals surface area contributed by atoms with Crippen LogP contribution >= 0.6 is 0 Å². The van der Waals surface area contributed by atoms with Crippen LogP contribution in [0.15, 0.2) is 54.6 Å². The van der Waals surface area contributed by atoms with Gasteiger partial charge in [-0.05, 0) is 31.4 Å². The van der Waals surface area contributed by atoms with Gasteiger partial charge in [0.25, 0.3) is 0 Å². The minimum atomic E-state index is -0.137. The molecule has 0 spiro atoms. The zero-order valence-corrected chi connectivity index (χ0v) is 12.1. The fourth-order valence-corrected chi connectivity index (χ4v) is 2.49. The molecule has 2 aromatic carbocycles. The highest BCUT2D eigenvalue weighted by molar-refractivity contribution is 5.21. The van der Waals surface area contributed by atoms with Gasteiger partial charge >= 0.3 is 0 Å². The van der Waals surface area contributed by atoms with Crippen molar-refractivity contribution in [2.24, 2.45) is 0 Å². The molecule has 20 heavy (non-hydrogen) atoms. The molecule has 0 aliphatic heterocycles. The van der Waals surface area contributed by atoms with Crippen LogP contribution in [0.1, 0.15) is 37.4 Å². The highest BCUT2D eigenvalue weighted by Gasteiger charge is 2.14. The molecule has 2 atom stereocenters. The van der Waals surface area contributed by atoms with Crippen molar-refractivity contribution in [2.45, 2.75) is 38.8 Å². The summed E-state index contributed by atoms with van der Waals surface area (Å²) in [6, 6.07) is 17.8. The van der Waals surface area contributed by atoms with Crippen molar-refractivity contribution in [1.82, 2.24) is 5.32 Å². The maximum atomic E-state index is 13.8. The van der Waals surface area contributed by atoms with Gasteiger partial charge in [-0.15, -0.1) is 0 Å². The Morgan fingerprint density at radius 2 is 1.65 bits per heavy atom. The average molecular weight is 271 g/mol. The van der Waals surface area contributed by atoms with Gasteiger partial charge in [0.2, 0.25) is 0 Å². The third kappa shape index (κ3) is 3.91. The molecule has 0 saturated heterocycles. The summed E-state index contributed by atoms with van der Waals surface area (Å²) in [6.07, 6.45) is 1.99. The molecule has 0 heterocycles. The molecule has 0 aliphatic rings. The van der Waals surface area contributed by atoms with Gasteiger partial charge in [-0.25, -0.2) is 4.39 Å². The Kier molecular flexibility index (Phi) is 5.31. The van der Waals surface area contributed by atoms with Crippen LogP contribution < -0.4 is 5.32 Å². The maximum Gasteiger partial charge on any atom is 0.127 e. The lowest BCUT2D eigenvalue weighted by molar-refractivity contribution is 0.429. The first-order chi connectivity index (χ1) is 9.70. The second-order valence-corrected chi connectivity index (χ2v) is 5.20. The maximum absolute atomic E-state index is 13.8. The van der Waals surface area contributed by atoms with Crippen LogP contribution in [0.3, 0.4) is 0 Å². The number of halogens is 1. The zero-order chi connectivity index (χ0) is 14.4. The van der Waals surface area contributed by atoms with E-state index in [-0.39, 0.29) is 11.9 Å². The third-order valence-corrected chi connectivity index (χ3v) is 3.68. The van der Waals surface area contributed by atoms with Crippen molar-refractivity contribution in [1.29, 1.82) is 0 Å². The minimum absolute atomic E-state index is 0.0184. The minimum Gasteiger partial charge on any atom is -0.307 e. The topological polar surface area (TPSA) is 12.0 Å². The van der Waals surface area contributed by atoms with Gasteiger partial charge in [-0.3, -0.25) is 0 Å². The predicted molar refractivity (Wildman–Crippen MR) is 82.2 cm³/mol. The number of hydrogen-bond acceptors (Lipinski definition) is 1. The van der Waals surface area contributed by atoms with Crippen molar-refractivity contribution in [3.05, 3.63) is 71.5 Å². The third-order valence-electron chi connectivity index (χ3n) is 3.68. The number of nitrogens with one attached hydrogen (secondary N) is 1. The van der Waals surface area contributed by atoms with E-state index in [0.29, 0.717) is 6.04 Å². The van der Waals surface area contributed by atoms with Crippen LogP contribution in [0.25, 0.3) is 0 Å². The molecule has 2 aromatic rings. The largest absolute Gasteiger partial charge is 0.307 e. The highest BCUT2D eigenvalue weighted by atomic mass is 19.1. The molecule has 0 amide bonds. The molecule has 0 saturated carbocycles. The van der Waals surface area contributed by atoms with E-state index in [0.717, 1.165) is 18.4 Å². The molecule has 1 N–H and O–H groups in total. The van der Waals surface area contributed by atoms with E-state index in [1.807, 2.05) is 25.1 Å². The van der Waals surface area contributed by atoms with Gasteiger partial charge in [-0.1, -0.05) is 55.5 Å². The molecule has 0 aromatic heterocycles. The van der Waals surface area contributed by atoms with Gasteiger partial charge in [0.05, 0.1) is 0 Å². The summed E-state index contributed by atoms with van der Waals surface area (Å²) in [4.78, 5) is 0. The standard InChI is InChI=1S/C18H22FN/c1-3-16(13-15-9-5-4-6-10-15)20-14(2)17-11-7-8-12-18(17)19/h4-12,14,16,20H,3,13H2,1-2H3/t14-,16?/m1/s1. The van der Waals surface area contributed by atoms with Crippen LogP contribution in [-0.4, -0.2) is 6.04 Å². The Morgan fingerprint density at radius 1 is 1.00 bits per heavy atom. The summed E-state index contributed by atoms with van der Waals surface area (Å²) in [5.74, 6) is -0.137. The first-order valence-electron chi connectivity index (χ1n) is 7.25. The van der Waals surface area contributed by atoms with Crippen molar-refractivity contribution in [3.8, 4) is 0 Å². The molecule has 2 heteroatoms. The molecule has 0 fully saturated rings. The summed E-state index contributed by atoms with van der Waals surface area (Å²) in [6.45, 7) is 4.18. The monoisotopic (exact) mass is 271 g/mol. The van der Waals surface area contributed by atoms with E-state index in [1.54, 1.807) is 6.07 Å². The number of benzene rings is 2. The van der Waals surface area contributed by atoms with E-state index < -0.39 is 0 Å². The Labute approximate surface area is 120 Å². The normalized spacial score (nSPS) is 13.9. The van der Waals surface area contributed by atoms with Crippen LogP contribution in [0, 0.1) is 5.82 Å². The molecular weight excluding hydrogens is 249 g/mol. The summed E-state index contributed by atoms with van der Waals surface area (Å²) in [5, 5.41) is 3.53. The summed E-state index contributed by atoms with van der Waals surface area (Å²) in [7, 11) is 0. The van der Waals surface area contributed by atoms with Crippen LogP contribution in [0.4, 0.5) is 4.39 Å². The van der Waals surface area contributed by atoms with Gasteiger partial charge < -0.3 is 5.32 Å². The molecule has 106 valence electrons. The lowest BCUT2D eigenvalue weighted by Crippen LogP contribution is -2.33. The summed E-state index contributed by atoms with van der Waals surface area (Å²) in [5.41, 5.74) is 2.05. The Hall–Kier alpha value is -1.67. The first kappa shape index (κ1) is 14.7. The molecule has 0 radical (unpaired) electrons. The fourth-order valence-electron chi connectivity index (χ4n) is 2.49. The van der Waals surface area contributed by atoms with E-state index in [2.05, 4.69) is 36.5 Å². The van der Waals surface area contributed by atoms with Gasteiger partial charge in [-0.2, -0.15) is 0 Å². The Balaban J connectivity index is 2.01. The number of rotatable bonds is 6. The average Bonchev–Trinajstić information content (AvgIpc) is 2.48. The van der Waals surface area contributed by atoms with Crippen molar-refractivity contribution < 1.29 is 4.39 Å². The highest BCUT2D eigenvalue weighted by Crippen LogP contribution is 2.18. The number of hydrogen-bond donors (Lipinski definition) is 1. The fraction of sp³-hybridized carbons (Fsp3) is 0.333. The van der Waals surface area contributed by atoms with Crippen molar-refractivity contribution in [2.75, 3.05) is 0 Å². The van der Waals surface area contributed by atoms with Gasteiger partial charge in [0.1, 0.15) is 5.82 Å². The molecule has 0 bridgehead atoms. The second-order valence-electron chi connectivity index (χ2n) is 5.20. The summed E-state index contributed by atoms with van der Waals surface area (Å²) >= 11 is 0.